The second-order valence-corrected chi connectivity index (χ2v) is 7.57. The molecule has 3 heteroatoms. The number of anilines is 1. The molecule has 1 aliphatic heterocycles. The quantitative estimate of drug-likeness (QED) is 0.914. The summed E-state index contributed by atoms with van der Waals surface area (Å²) in [5.41, 5.74) is 2.59. The minimum Gasteiger partial charge on any atom is -0.354 e. The summed E-state index contributed by atoms with van der Waals surface area (Å²) in [6.07, 6.45) is 2.61. The Morgan fingerprint density at radius 1 is 1.29 bits per heavy atom. The fourth-order valence-corrected chi connectivity index (χ4v) is 2.94. The summed E-state index contributed by atoms with van der Waals surface area (Å²) in [6.45, 7) is 15.4. The van der Waals surface area contributed by atoms with Gasteiger partial charge in [0.25, 0.3) is 0 Å². The second-order valence-electron chi connectivity index (χ2n) is 7.57. The van der Waals surface area contributed by atoms with Gasteiger partial charge in [-0.25, -0.2) is 4.98 Å². The van der Waals surface area contributed by atoms with Crippen molar-refractivity contribution in [1.82, 2.24) is 10.3 Å². The highest BCUT2D eigenvalue weighted by Gasteiger charge is 2.25. The number of nitrogens with zero attached hydrogens (tertiary/aromatic N) is 2. The Morgan fingerprint density at radius 3 is 2.62 bits per heavy atom. The predicted octanol–water partition coefficient (Wildman–Crippen LogP) is 3.90. The van der Waals surface area contributed by atoms with Crippen molar-refractivity contribution >= 4 is 5.82 Å². The van der Waals surface area contributed by atoms with E-state index in [2.05, 4.69) is 63.9 Å². The zero-order valence-corrected chi connectivity index (χ0v) is 14.5. The first-order chi connectivity index (χ1) is 9.78. The molecule has 0 aliphatic carbocycles. The van der Waals surface area contributed by atoms with Gasteiger partial charge in [0.15, 0.2) is 0 Å². The predicted molar refractivity (Wildman–Crippen MR) is 90.8 cm³/mol. The summed E-state index contributed by atoms with van der Waals surface area (Å²) in [4.78, 5) is 7.34. The van der Waals surface area contributed by atoms with Crippen molar-refractivity contribution in [2.75, 3.05) is 11.4 Å². The fraction of sp³-hybridized carbons (Fsp3) is 0.722. The van der Waals surface area contributed by atoms with Gasteiger partial charge in [-0.15, -0.1) is 0 Å². The SMILES string of the molecule is Cc1nc(N2CCCC(C)C2C)ccc1CNC(C)(C)C. The average molecular weight is 289 g/mol. The molecule has 0 amide bonds. The average Bonchev–Trinajstić information content (AvgIpc) is 2.39. The molecule has 0 spiro atoms. The van der Waals surface area contributed by atoms with Gasteiger partial charge < -0.3 is 10.2 Å². The first kappa shape index (κ1) is 16.3. The molecule has 2 atom stereocenters. The van der Waals surface area contributed by atoms with Crippen LogP contribution in [0.5, 0.6) is 0 Å². The smallest absolute Gasteiger partial charge is 0.129 e. The Hall–Kier alpha value is -1.09. The maximum Gasteiger partial charge on any atom is 0.129 e. The third-order valence-electron chi connectivity index (χ3n) is 4.66. The first-order valence-corrected chi connectivity index (χ1v) is 8.26. The molecular formula is C18H31N3. The molecule has 2 heterocycles. The Kier molecular flexibility index (Phi) is 4.92. The number of hydrogen-bond donors (Lipinski definition) is 1. The number of nitrogens with one attached hydrogen (secondary N) is 1. The van der Waals surface area contributed by atoms with E-state index in [9.17, 15) is 0 Å². The van der Waals surface area contributed by atoms with Crippen molar-refractivity contribution in [2.45, 2.75) is 72.5 Å². The maximum absolute atomic E-state index is 4.87. The van der Waals surface area contributed by atoms with Crippen molar-refractivity contribution < 1.29 is 0 Å². The molecule has 1 saturated heterocycles. The molecule has 1 aromatic heterocycles. The van der Waals surface area contributed by atoms with Gasteiger partial charge in [0.05, 0.1) is 0 Å². The Labute approximate surface area is 130 Å². The van der Waals surface area contributed by atoms with Gasteiger partial charge in [-0.2, -0.15) is 0 Å². The fourth-order valence-electron chi connectivity index (χ4n) is 2.94. The molecular weight excluding hydrogens is 258 g/mol. The number of aromatic nitrogens is 1. The summed E-state index contributed by atoms with van der Waals surface area (Å²) in [6, 6.07) is 5.02. The van der Waals surface area contributed by atoms with E-state index in [-0.39, 0.29) is 5.54 Å². The van der Waals surface area contributed by atoms with Gasteiger partial charge in [-0.05, 0) is 65.0 Å². The van der Waals surface area contributed by atoms with Gasteiger partial charge in [-0.3, -0.25) is 0 Å². The van der Waals surface area contributed by atoms with Crippen LogP contribution in [0.2, 0.25) is 0 Å². The van der Waals surface area contributed by atoms with E-state index in [0.29, 0.717) is 6.04 Å². The second kappa shape index (κ2) is 6.35. The monoisotopic (exact) mass is 289 g/mol. The Balaban J connectivity index is 2.11. The molecule has 2 unspecified atom stereocenters. The summed E-state index contributed by atoms with van der Waals surface area (Å²) >= 11 is 0. The largest absolute Gasteiger partial charge is 0.354 e. The molecule has 0 aromatic carbocycles. The van der Waals surface area contributed by atoms with Crippen LogP contribution in [0.15, 0.2) is 12.1 Å². The summed E-state index contributed by atoms with van der Waals surface area (Å²) in [5.74, 6) is 1.90. The molecule has 1 fully saturated rings. The van der Waals surface area contributed by atoms with Gasteiger partial charge in [0.1, 0.15) is 5.82 Å². The van der Waals surface area contributed by atoms with E-state index in [1.165, 1.54) is 18.4 Å². The van der Waals surface area contributed by atoms with E-state index < -0.39 is 0 Å². The van der Waals surface area contributed by atoms with E-state index in [1.807, 2.05) is 0 Å². The van der Waals surface area contributed by atoms with E-state index in [0.717, 1.165) is 30.5 Å². The van der Waals surface area contributed by atoms with Crippen LogP contribution in [-0.2, 0) is 6.54 Å². The molecule has 1 N–H and O–H groups in total. The van der Waals surface area contributed by atoms with Gasteiger partial charge in [0.2, 0.25) is 0 Å². The van der Waals surface area contributed by atoms with E-state index >= 15 is 0 Å². The highest BCUT2D eigenvalue weighted by molar-refractivity contribution is 5.43. The molecule has 118 valence electrons. The van der Waals surface area contributed by atoms with Crippen LogP contribution in [0.25, 0.3) is 0 Å². The molecule has 2 rings (SSSR count). The summed E-state index contributed by atoms with van der Waals surface area (Å²) in [5, 5.41) is 3.54. The van der Waals surface area contributed by atoms with Crippen molar-refractivity contribution in [3.8, 4) is 0 Å². The standard InChI is InChI=1S/C18H31N3/c1-13-8-7-11-21(15(13)3)17-10-9-16(14(2)20-17)12-19-18(4,5)6/h9-10,13,15,19H,7-8,11-12H2,1-6H3. The number of aryl methyl sites for hydroxylation is 1. The molecule has 1 aliphatic rings. The Morgan fingerprint density at radius 2 is 2.00 bits per heavy atom. The minimum atomic E-state index is 0.141. The third-order valence-corrected chi connectivity index (χ3v) is 4.66. The van der Waals surface area contributed by atoms with Crippen molar-refractivity contribution in [3.63, 3.8) is 0 Å². The molecule has 0 radical (unpaired) electrons. The van der Waals surface area contributed by atoms with Gasteiger partial charge >= 0.3 is 0 Å². The zero-order valence-electron chi connectivity index (χ0n) is 14.5. The highest BCUT2D eigenvalue weighted by atomic mass is 15.2. The summed E-state index contributed by atoms with van der Waals surface area (Å²) in [7, 11) is 0. The van der Waals surface area contributed by atoms with Crippen LogP contribution in [-0.4, -0.2) is 23.1 Å². The lowest BCUT2D eigenvalue weighted by Gasteiger charge is -2.39. The minimum absolute atomic E-state index is 0.141. The third kappa shape index (κ3) is 4.19. The number of hydrogen-bond acceptors (Lipinski definition) is 3. The van der Waals surface area contributed by atoms with Crippen molar-refractivity contribution in [1.29, 1.82) is 0 Å². The highest BCUT2D eigenvalue weighted by Crippen LogP contribution is 2.27. The number of pyridine rings is 1. The first-order valence-electron chi connectivity index (χ1n) is 8.26. The summed E-state index contributed by atoms with van der Waals surface area (Å²) < 4.78 is 0. The van der Waals surface area contributed by atoms with Crippen LogP contribution in [0.1, 0.15) is 58.7 Å². The van der Waals surface area contributed by atoms with Gasteiger partial charge in [0, 0.05) is 30.4 Å². The maximum atomic E-state index is 4.87. The van der Waals surface area contributed by atoms with Gasteiger partial charge in [-0.1, -0.05) is 13.0 Å². The van der Waals surface area contributed by atoms with Crippen molar-refractivity contribution in [3.05, 3.63) is 23.4 Å². The zero-order chi connectivity index (χ0) is 15.6. The van der Waals surface area contributed by atoms with Crippen LogP contribution in [0.3, 0.4) is 0 Å². The number of rotatable bonds is 3. The van der Waals surface area contributed by atoms with Crippen LogP contribution in [0, 0.1) is 12.8 Å². The lowest BCUT2D eigenvalue weighted by atomic mass is 9.92. The van der Waals surface area contributed by atoms with Crippen LogP contribution >= 0.6 is 0 Å². The molecule has 0 bridgehead atoms. The van der Waals surface area contributed by atoms with Crippen LogP contribution in [0.4, 0.5) is 5.82 Å². The molecule has 0 saturated carbocycles. The van der Waals surface area contributed by atoms with E-state index in [1.54, 1.807) is 0 Å². The van der Waals surface area contributed by atoms with Crippen molar-refractivity contribution in [2.24, 2.45) is 5.92 Å². The number of piperidine rings is 1. The molecule has 1 aromatic rings. The lowest BCUT2D eigenvalue weighted by Crippen LogP contribution is -2.43. The normalized spacial score (nSPS) is 23.4. The molecule has 3 nitrogen and oxygen atoms in total. The van der Waals surface area contributed by atoms with E-state index in [4.69, 9.17) is 4.98 Å². The van der Waals surface area contributed by atoms with Crippen LogP contribution < -0.4 is 10.2 Å². The Bertz CT molecular complexity index is 476. The lowest BCUT2D eigenvalue weighted by molar-refractivity contribution is 0.361. The topological polar surface area (TPSA) is 28.2 Å². The molecule has 21 heavy (non-hydrogen) atoms.